The smallest absolute Gasteiger partial charge is 0.340 e. The molecule has 1 amide bonds. The molecule has 0 radical (unpaired) electrons. The summed E-state index contributed by atoms with van der Waals surface area (Å²) in [5.74, 6) is -1.05. The standard InChI is InChI=1S/C16H13BrFNO4/c1-22-16(21)13-8-10(17)2-7-14(13)19-15(20)9-23-12-5-3-11(18)4-6-12/h2-8H,9H2,1H3,(H,19,20). The van der Waals surface area contributed by atoms with Crippen LogP contribution in [0.4, 0.5) is 10.1 Å². The number of amides is 1. The van der Waals surface area contributed by atoms with E-state index in [1.54, 1.807) is 18.2 Å². The van der Waals surface area contributed by atoms with Gasteiger partial charge in [0.15, 0.2) is 6.61 Å². The van der Waals surface area contributed by atoms with Gasteiger partial charge in [-0.15, -0.1) is 0 Å². The highest BCUT2D eigenvalue weighted by Gasteiger charge is 2.14. The van der Waals surface area contributed by atoms with Crippen molar-refractivity contribution in [3.63, 3.8) is 0 Å². The Kier molecular flexibility index (Phi) is 5.70. The molecule has 2 aromatic rings. The van der Waals surface area contributed by atoms with Gasteiger partial charge in [0.2, 0.25) is 0 Å². The molecule has 0 unspecified atom stereocenters. The SMILES string of the molecule is COC(=O)c1cc(Br)ccc1NC(=O)COc1ccc(F)cc1. The molecule has 0 heterocycles. The molecule has 5 nitrogen and oxygen atoms in total. The lowest BCUT2D eigenvalue weighted by atomic mass is 10.2. The summed E-state index contributed by atoms with van der Waals surface area (Å²) < 4.78 is 23.4. The lowest BCUT2D eigenvalue weighted by Gasteiger charge is -2.11. The largest absolute Gasteiger partial charge is 0.484 e. The van der Waals surface area contributed by atoms with Crippen LogP contribution in [0.1, 0.15) is 10.4 Å². The van der Waals surface area contributed by atoms with Crippen molar-refractivity contribution >= 4 is 33.5 Å². The number of methoxy groups -OCH3 is 1. The second kappa shape index (κ2) is 7.73. The number of hydrogen-bond acceptors (Lipinski definition) is 4. The predicted octanol–water partition coefficient (Wildman–Crippen LogP) is 3.39. The van der Waals surface area contributed by atoms with Crippen LogP contribution in [0.25, 0.3) is 0 Å². The lowest BCUT2D eigenvalue weighted by Crippen LogP contribution is -2.21. The molecule has 0 saturated carbocycles. The fourth-order valence-electron chi connectivity index (χ4n) is 1.77. The monoisotopic (exact) mass is 381 g/mol. The van der Waals surface area contributed by atoms with E-state index in [9.17, 15) is 14.0 Å². The van der Waals surface area contributed by atoms with Crippen LogP contribution in [0.2, 0.25) is 0 Å². The van der Waals surface area contributed by atoms with Crippen molar-refractivity contribution in [3.05, 3.63) is 58.3 Å². The second-order valence-corrected chi connectivity index (χ2v) is 5.39. The molecule has 0 aliphatic heterocycles. The van der Waals surface area contributed by atoms with Crippen LogP contribution >= 0.6 is 15.9 Å². The number of benzene rings is 2. The van der Waals surface area contributed by atoms with Gasteiger partial charge in [0.25, 0.3) is 5.91 Å². The molecule has 0 fully saturated rings. The zero-order valence-electron chi connectivity index (χ0n) is 12.1. The summed E-state index contributed by atoms with van der Waals surface area (Å²) >= 11 is 3.25. The van der Waals surface area contributed by atoms with E-state index in [2.05, 4.69) is 26.0 Å². The van der Waals surface area contributed by atoms with E-state index in [4.69, 9.17) is 4.74 Å². The van der Waals surface area contributed by atoms with E-state index in [-0.39, 0.29) is 18.0 Å². The van der Waals surface area contributed by atoms with Gasteiger partial charge in [0.1, 0.15) is 11.6 Å². The number of hydrogen-bond donors (Lipinski definition) is 1. The zero-order chi connectivity index (χ0) is 16.8. The van der Waals surface area contributed by atoms with Gasteiger partial charge in [-0.2, -0.15) is 0 Å². The third kappa shape index (κ3) is 4.79. The Hall–Kier alpha value is -2.41. The Morgan fingerprint density at radius 1 is 1.17 bits per heavy atom. The average molecular weight is 382 g/mol. The number of carbonyl (C=O) groups excluding carboxylic acids is 2. The van der Waals surface area contributed by atoms with Crippen LogP contribution in [-0.4, -0.2) is 25.6 Å². The number of carbonyl (C=O) groups is 2. The molecular formula is C16H13BrFNO4. The van der Waals surface area contributed by atoms with Crippen LogP contribution in [0, 0.1) is 5.82 Å². The molecule has 23 heavy (non-hydrogen) atoms. The van der Waals surface area contributed by atoms with E-state index < -0.39 is 11.9 Å². The van der Waals surface area contributed by atoms with Gasteiger partial charge in [0.05, 0.1) is 18.4 Å². The molecule has 2 aromatic carbocycles. The minimum Gasteiger partial charge on any atom is -0.484 e. The maximum absolute atomic E-state index is 12.8. The summed E-state index contributed by atoms with van der Waals surface area (Å²) in [4.78, 5) is 23.6. The zero-order valence-corrected chi connectivity index (χ0v) is 13.7. The topological polar surface area (TPSA) is 64.6 Å². The van der Waals surface area contributed by atoms with E-state index in [0.29, 0.717) is 15.9 Å². The quantitative estimate of drug-likeness (QED) is 0.806. The Bertz CT molecular complexity index is 719. The van der Waals surface area contributed by atoms with Gasteiger partial charge in [-0.3, -0.25) is 4.79 Å². The summed E-state index contributed by atoms with van der Waals surface area (Å²) in [5, 5.41) is 2.57. The van der Waals surface area contributed by atoms with Gasteiger partial charge in [0, 0.05) is 4.47 Å². The summed E-state index contributed by atoms with van der Waals surface area (Å²) in [5.41, 5.74) is 0.532. The van der Waals surface area contributed by atoms with Crippen LogP contribution in [0.15, 0.2) is 46.9 Å². The molecule has 2 rings (SSSR count). The first-order valence-electron chi connectivity index (χ1n) is 6.55. The summed E-state index contributed by atoms with van der Waals surface area (Å²) in [6.45, 7) is -0.275. The van der Waals surface area contributed by atoms with Crippen molar-refractivity contribution in [3.8, 4) is 5.75 Å². The van der Waals surface area contributed by atoms with Crippen LogP contribution in [0.5, 0.6) is 5.75 Å². The first kappa shape index (κ1) is 17.0. The average Bonchev–Trinajstić information content (AvgIpc) is 2.55. The first-order chi connectivity index (χ1) is 11.0. The van der Waals surface area contributed by atoms with E-state index in [1.807, 2.05) is 0 Å². The van der Waals surface area contributed by atoms with Gasteiger partial charge in [-0.05, 0) is 42.5 Å². The second-order valence-electron chi connectivity index (χ2n) is 4.47. The number of rotatable bonds is 5. The Morgan fingerprint density at radius 3 is 2.52 bits per heavy atom. The maximum Gasteiger partial charge on any atom is 0.340 e. The van der Waals surface area contributed by atoms with Crippen molar-refractivity contribution in [2.45, 2.75) is 0 Å². The van der Waals surface area contributed by atoms with Crippen molar-refractivity contribution < 1.29 is 23.5 Å². The number of nitrogens with one attached hydrogen (secondary N) is 1. The number of halogens is 2. The van der Waals surface area contributed by atoms with Crippen molar-refractivity contribution in [2.75, 3.05) is 19.0 Å². The van der Waals surface area contributed by atoms with Crippen molar-refractivity contribution in [2.24, 2.45) is 0 Å². The molecule has 0 aromatic heterocycles. The third-order valence-corrected chi connectivity index (χ3v) is 3.34. The van der Waals surface area contributed by atoms with Gasteiger partial charge < -0.3 is 14.8 Å². The van der Waals surface area contributed by atoms with E-state index >= 15 is 0 Å². The van der Waals surface area contributed by atoms with Crippen LogP contribution < -0.4 is 10.1 Å². The minimum atomic E-state index is -0.568. The Labute approximate surface area is 140 Å². The molecule has 1 N–H and O–H groups in total. The van der Waals surface area contributed by atoms with E-state index in [0.717, 1.165) is 0 Å². The number of esters is 1. The Morgan fingerprint density at radius 2 is 1.87 bits per heavy atom. The summed E-state index contributed by atoms with van der Waals surface area (Å²) in [7, 11) is 1.26. The van der Waals surface area contributed by atoms with Gasteiger partial charge in [-0.25, -0.2) is 9.18 Å². The summed E-state index contributed by atoms with van der Waals surface area (Å²) in [6.07, 6.45) is 0. The molecule has 120 valence electrons. The Balaban J connectivity index is 2.02. The molecule has 0 bridgehead atoms. The molecular weight excluding hydrogens is 369 g/mol. The molecule has 0 aliphatic carbocycles. The molecule has 0 aliphatic rings. The highest BCUT2D eigenvalue weighted by Crippen LogP contribution is 2.22. The van der Waals surface area contributed by atoms with Crippen molar-refractivity contribution in [1.82, 2.24) is 0 Å². The molecule has 0 atom stereocenters. The number of anilines is 1. The maximum atomic E-state index is 12.8. The van der Waals surface area contributed by atoms with Gasteiger partial charge in [-0.1, -0.05) is 15.9 Å². The minimum absolute atomic E-state index is 0.219. The third-order valence-electron chi connectivity index (χ3n) is 2.84. The van der Waals surface area contributed by atoms with Crippen LogP contribution in [-0.2, 0) is 9.53 Å². The fourth-order valence-corrected chi connectivity index (χ4v) is 2.13. The number of ether oxygens (including phenoxy) is 2. The normalized spacial score (nSPS) is 10.0. The highest BCUT2D eigenvalue weighted by atomic mass is 79.9. The lowest BCUT2D eigenvalue weighted by molar-refractivity contribution is -0.118. The molecule has 7 heteroatoms. The van der Waals surface area contributed by atoms with Crippen molar-refractivity contribution in [1.29, 1.82) is 0 Å². The molecule has 0 spiro atoms. The highest BCUT2D eigenvalue weighted by molar-refractivity contribution is 9.10. The fraction of sp³-hybridized carbons (Fsp3) is 0.125. The molecule has 0 saturated heterocycles. The summed E-state index contributed by atoms with van der Waals surface area (Å²) in [6, 6.07) is 10.1. The van der Waals surface area contributed by atoms with E-state index in [1.165, 1.54) is 31.4 Å². The van der Waals surface area contributed by atoms with Gasteiger partial charge >= 0.3 is 5.97 Å². The first-order valence-corrected chi connectivity index (χ1v) is 7.35. The van der Waals surface area contributed by atoms with Crippen LogP contribution in [0.3, 0.4) is 0 Å². The predicted molar refractivity (Wildman–Crippen MR) is 86.0 cm³/mol.